The fourth-order valence-electron chi connectivity index (χ4n) is 1.55. The van der Waals surface area contributed by atoms with Gasteiger partial charge in [0.1, 0.15) is 0 Å². The SMILES string of the molecule is Cc1ccc(N(O)C(=O)c2ccco2)cc1[N+](=O)[O-]. The third-order valence-electron chi connectivity index (χ3n) is 2.56. The van der Waals surface area contributed by atoms with Crippen molar-refractivity contribution in [3.05, 3.63) is 58.0 Å². The smallest absolute Gasteiger partial charge is 0.317 e. The first-order chi connectivity index (χ1) is 9.00. The zero-order chi connectivity index (χ0) is 14.0. The van der Waals surface area contributed by atoms with E-state index in [0.717, 1.165) is 6.07 Å². The highest BCUT2D eigenvalue weighted by Gasteiger charge is 2.21. The Kier molecular flexibility index (Phi) is 3.30. The minimum atomic E-state index is -0.803. The average molecular weight is 262 g/mol. The van der Waals surface area contributed by atoms with Gasteiger partial charge >= 0.3 is 5.91 Å². The summed E-state index contributed by atoms with van der Waals surface area (Å²) in [5.41, 5.74) is 0.259. The normalized spacial score (nSPS) is 10.2. The third kappa shape index (κ3) is 2.45. The molecule has 0 unspecified atom stereocenters. The van der Waals surface area contributed by atoms with Crippen LogP contribution in [-0.2, 0) is 0 Å². The van der Waals surface area contributed by atoms with Crippen molar-refractivity contribution in [1.82, 2.24) is 0 Å². The fourth-order valence-corrected chi connectivity index (χ4v) is 1.55. The Morgan fingerprint density at radius 3 is 2.74 bits per heavy atom. The molecule has 0 fully saturated rings. The lowest BCUT2D eigenvalue weighted by Crippen LogP contribution is -2.26. The molecule has 0 aliphatic carbocycles. The number of nitro benzene ring substituents is 1. The van der Waals surface area contributed by atoms with Crippen molar-refractivity contribution < 1.29 is 19.3 Å². The van der Waals surface area contributed by atoms with E-state index in [1.165, 1.54) is 30.5 Å². The van der Waals surface area contributed by atoms with Crippen molar-refractivity contribution in [3.63, 3.8) is 0 Å². The van der Waals surface area contributed by atoms with Crippen molar-refractivity contribution >= 4 is 17.3 Å². The largest absolute Gasteiger partial charge is 0.459 e. The van der Waals surface area contributed by atoms with Gasteiger partial charge in [0.2, 0.25) is 0 Å². The molecule has 1 amide bonds. The van der Waals surface area contributed by atoms with Crippen LogP contribution < -0.4 is 5.06 Å². The maximum atomic E-state index is 11.8. The molecular weight excluding hydrogens is 252 g/mol. The van der Waals surface area contributed by atoms with Gasteiger partial charge in [0.05, 0.1) is 16.9 Å². The Morgan fingerprint density at radius 1 is 1.42 bits per heavy atom. The number of anilines is 1. The molecule has 1 N–H and O–H groups in total. The van der Waals surface area contributed by atoms with Gasteiger partial charge in [-0.1, -0.05) is 6.07 Å². The molecule has 2 aromatic rings. The number of hydroxylamine groups is 1. The molecule has 0 saturated carbocycles. The van der Waals surface area contributed by atoms with Crippen LogP contribution in [0.15, 0.2) is 41.0 Å². The lowest BCUT2D eigenvalue weighted by molar-refractivity contribution is -0.385. The second kappa shape index (κ2) is 4.91. The van der Waals surface area contributed by atoms with Gasteiger partial charge in [-0.25, -0.2) is 0 Å². The summed E-state index contributed by atoms with van der Waals surface area (Å²) in [5.74, 6) is -0.867. The summed E-state index contributed by atoms with van der Waals surface area (Å²) in [6.07, 6.45) is 1.29. The number of rotatable bonds is 3. The predicted molar refractivity (Wildman–Crippen MR) is 65.1 cm³/mol. The maximum absolute atomic E-state index is 11.8. The number of hydrogen-bond acceptors (Lipinski definition) is 5. The first kappa shape index (κ1) is 12.8. The molecule has 7 nitrogen and oxygen atoms in total. The highest BCUT2D eigenvalue weighted by molar-refractivity contribution is 6.02. The first-order valence-electron chi connectivity index (χ1n) is 5.32. The summed E-state index contributed by atoms with van der Waals surface area (Å²) in [7, 11) is 0. The van der Waals surface area contributed by atoms with Crippen molar-refractivity contribution in [1.29, 1.82) is 0 Å². The third-order valence-corrected chi connectivity index (χ3v) is 2.56. The van der Waals surface area contributed by atoms with Crippen molar-refractivity contribution in [2.45, 2.75) is 6.92 Å². The number of carbonyl (C=O) groups is 1. The molecule has 7 heteroatoms. The Hall–Kier alpha value is -2.67. The maximum Gasteiger partial charge on any atom is 0.317 e. The summed E-state index contributed by atoms with van der Waals surface area (Å²) < 4.78 is 4.85. The van der Waals surface area contributed by atoms with E-state index in [2.05, 4.69) is 0 Å². The van der Waals surface area contributed by atoms with Gasteiger partial charge in [-0.2, -0.15) is 5.06 Å². The highest BCUT2D eigenvalue weighted by atomic mass is 16.6. The summed E-state index contributed by atoms with van der Waals surface area (Å²) in [4.78, 5) is 22.0. The molecule has 0 atom stereocenters. The number of nitro groups is 1. The van der Waals surface area contributed by atoms with Crippen molar-refractivity contribution in [2.75, 3.05) is 5.06 Å². The van der Waals surface area contributed by atoms with E-state index in [1.807, 2.05) is 0 Å². The van der Waals surface area contributed by atoms with Gasteiger partial charge in [0.25, 0.3) is 5.69 Å². The predicted octanol–water partition coefficient (Wildman–Crippen LogP) is 2.53. The topological polar surface area (TPSA) is 96.8 Å². The summed E-state index contributed by atoms with van der Waals surface area (Å²) in [5, 5.41) is 20.9. The minimum absolute atomic E-state index is 0.00120. The van der Waals surface area contributed by atoms with Crippen molar-refractivity contribution in [3.8, 4) is 0 Å². The van der Waals surface area contributed by atoms with E-state index >= 15 is 0 Å². The summed E-state index contributed by atoms with van der Waals surface area (Å²) >= 11 is 0. The van der Waals surface area contributed by atoms with Crippen LogP contribution in [0.4, 0.5) is 11.4 Å². The van der Waals surface area contributed by atoms with E-state index in [1.54, 1.807) is 6.92 Å². The zero-order valence-electron chi connectivity index (χ0n) is 9.94. The van der Waals surface area contributed by atoms with Crippen LogP contribution in [-0.4, -0.2) is 16.0 Å². The molecule has 1 aromatic heterocycles. The van der Waals surface area contributed by atoms with E-state index in [4.69, 9.17) is 4.42 Å². The molecule has 98 valence electrons. The van der Waals surface area contributed by atoms with Gasteiger partial charge in [0, 0.05) is 11.6 Å². The van der Waals surface area contributed by atoms with Crippen molar-refractivity contribution in [2.24, 2.45) is 0 Å². The average Bonchev–Trinajstić information content (AvgIpc) is 2.91. The Labute approximate surface area is 107 Å². The second-order valence-corrected chi connectivity index (χ2v) is 3.82. The lowest BCUT2D eigenvalue weighted by Gasteiger charge is -2.13. The Bertz CT molecular complexity index is 621. The molecule has 0 spiro atoms. The van der Waals surface area contributed by atoms with Crippen LogP contribution in [0.1, 0.15) is 16.1 Å². The summed E-state index contributed by atoms with van der Waals surface area (Å²) in [6.45, 7) is 1.57. The van der Waals surface area contributed by atoms with Crippen LogP contribution in [0.5, 0.6) is 0 Å². The fraction of sp³-hybridized carbons (Fsp3) is 0.0833. The number of amides is 1. The van der Waals surface area contributed by atoms with Gasteiger partial charge in [0.15, 0.2) is 5.76 Å². The number of hydrogen-bond donors (Lipinski definition) is 1. The van der Waals surface area contributed by atoms with E-state index in [0.29, 0.717) is 10.6 Å². The van der Waals surface area contributed by atoms with Gasteiger partial charge < -0.3 is 4.42 Å². The number of furan rings is 1. The summed E-state index contributed by atoms with van der Waals surface area (Å²) in [6, 6.07) is 6.86. The van der Waals surface area contributed by atoms with Crippen LogP contribution >= 0.6 is 0 Å². The molecule has 0 aliphatic rings. The number of carbonyl (C=O) groups excluding carboxylic acids is 1. The van der Waals surface area contributed by atoms with E-state index < -0.39 is 10.8 Å². The lowest BCUT2D eigenvalue weighted by atomic mass is 10.2. The first-order valence-corrected chi connectivity index (χ1v) is 5.32. The molecular formula is C12H10N2O5. The number of benzene rings is 1. The molecule has 2 rings (SSSR count). The van der Waals surface area contributed by atoms with Crippen LogP contribution in [0.2, 0.25) is 0 Å². The highest BCUT2D eigenvalue weighted by Crippen LogP contribution is 2.25. The molecule has 1 aromatic carbocycles. The number of nitrogens with zero attached hydrogens (tertiary/aromatic N) is 2. The number of aryl methyl sites for hydroxylation is 1. The van der Waals surface area contributed by atoms with E-state index in [9.17, 15) is 20.1 Å². The van der Waals surface area contributed by atoms with Gasteiger partial charge in [-0.3, -0.25) is 20.1 Å². The molecule has 0 bridgehead atoms. The molecule has 0 aliphatic heterocycles. The molecule has 1 heterocycles. The molecule has 0 radical (unpaired) electrons. The Morgan fingerprint density at radius 2 is 2.16 bits per heavy atom. The standard InChI is InChI=1S/C12H10N2O5/c1-8-4-5-9(7-10(8)14(17)18)13(16)12(15)11-3-2-6-19-11/h2-7,16H,1H3. The monoisotopic (exact) mass is 262 g/mol. The van der Waals surface area contributed by atoms with Crippen LogP contribution in [0.25, 0.3) is 0 Å². The quantitative estimate of drug-likeness (QED) is 0.520. The minimum Gasteiger partial charge on any atom is -0.459 e. The molecule has 0 saturated heterocycles. The van der Waals surface area contributed by atoms with Crippen LogP contribution in [0, 0.1) is 17.0 Å². The second-order valence-electron chi connectivity index (χ2n) is 3.82. The van der Waals surface area contributed by atoms with E-state index in [-0.39, 0.29) is 17.1 Å². The molecule has 19 heavy (non-hydrogen) atoms. The van der Waals surface area contributed by atoms with Gasteiger partial charge in [-0.05, 0) is 25.1 Å². The zero-order valence-corrected chi connectivity index (χ0v) is 9.94. The Balaban J connectivity index is 2.34. The van der Waals surface area contributed by atoms with Gasteiger partial charge in [-0.15, -0.1) is 0 Å². The van der Waals surface area contributed by atoms with Crippen LogP contribution in [0.3, 0.4) is 0 Å².